The molecular formula is C14H19NO2. The van der Waals surface area contributed by atoms with Gasteiger partial charge >= 0.3 is 5.97 Å². The van der Waals surface area contributed by atoms with Crippen LogP contribution in [0.5, 0.6) is 0 Å². The molecule has 1 aliphatic heterocycles. The highest BCUT2D eigenvalue weighted by Crippen LogP contribution is 2.23. The van der Waals surface area contributed by atoms with Crippen molar-refractivity contribution in [3.63, 3.8) is 0 Å². The predicted octanol–water partition coefficient (Wildman–Crippen LogP) is 3.00. The van der Waals surface area contributed by atoms with Crippen molar-refractivity contribution >= 4 is 11.7 Å². The molecule has 1 N–H and O–H groups in total. The van der Waals surface area contributed by atoms with Crippen molar-refractivity contribution in [2.24, 2.45) is 0 Å². The Kier molecular flexibility index (Phi) is 3.67. The van der Waals surface area contributed by atoms with Crippen LogP contribution in [-0.4, -0.2) is 18.6 Å². The van der Waals surface area contributed by atoms with Crippen LogP contribution >= 0.6 is 0 Å². The topological polar surface area (TPSA) is 38.3 Å². The van der Waals surface area contributed by atoms with Crippen molar-refractivity contribution < 1.29 is 9.53 Å². The first-order valence-electron chi connectivity index (χ1n) is 6.28. The highest BCUT2D eigenvalue weighted by Gasteiger charge is 2.15. The maximum Gasteiger partial charge on any atom is 0.338 e. The number of ether oxygens (including phenoxy) is 1. The molecule has 3 nitrogen and oxygen atoms in total. The van der Waals surface area contributed by atoms with Crippen molar-refractivity contribution in [2.75, 3.05) is 11.9 Å². The molecule has 1 aliphatic rings. The quantitative estimate of drug-likeness (QED) is 0.812. The van der Waals surface area contributed by atoms with Gasteiger partial charge in [-0.05, 0) is 37.5 Å². The third-order valence-electron chi connectivity index (χ3n) is 3.06. The van der Waals surface area contributed by atoms with Gasteiger partial charge in [0.1, 0.15) is 0 Å². The van der Waals surface area contributed by atoms with Gasteiger partial charge in [0.05, 0.1) is 11.7 Å². The molecule has 0 amide bonds. The molecule has 0 aliphatic carbocycles. The number of carbonyl (C=O) groups excluding carboxylic acids is 1. The summed E-state index contributed by atoms with van der Waals surface area (Å²) in [5.41, 5.74) is 2.99. The second kappa shape index (κ2) is 5.21. The van der Waals surface area contributed by atoms with Gasteiger partial charge in [-0.2, -0.15) is 0 Å². The zero-order valence-corrected chi connectivity index (χ0v) is 10.5. The number of rotatable bonds is 4. The Morgan fingerprint density at radius 2 is 2.35 bits per heavy atom. The third-order valence-corrected chi connectivity index (χ3v) is 3.06. The van der Waals surface area contributed by atoms with Gasteiger partial charge in [-0.25, -0.2) is 4.79 Å². The summed E-state index contributed by atoms with van der Waals surface area (Å²) in [5, 5.41) is 3.27. The molecule has 1 aromatic rings. The average Bonchev–Trinajstić information content (AvgIpc) is 2.75. The lowest BCUT2D eigenvalue weighted by atomic mass is 10.1. The van der Waals surface area contributed by atoms with Gasteiger partial charge in [-0.15, -0.1) is 0 Å². The lowest BCUT2D eigenvalue weighted by molar-refractivity contribution is 0.0323. The molecule has 0 saturated carbocycles. The minimum absolute atomic E-state index is 0.00582. The van der Waals surface area contributed by atoms with E-state index in [1.54, 1.807) is 0 Å². The first kappa shape index (κ1) is 12.0. The zero-order chi connectivity index (χ0) is 12.3. The standard InChI is InChI=1S/C14H19NO2/c1-3-4-10(2)17-14(16)12-6-5-11-7-8-15-13(11)9-12/h5-6,9-10,15H,3-4,7-8H2,1-2H3. The Morgan fingerprint density at radius 3 is 3.12 bits per heavy atom. The fraction of sp³-hybridized carbons (Fsp3) is 0.500. The Balaban J connectivity index is 2.04. The Labute approximate surface area is 102 Å². The summed E-state index contributed by atoms with van der Waals surface area (Å²) >= 11 is 0. The van der Waals surface area contributed by atoms with Crippen molar-refractivity contribution in [3.05, 3.63) is 29.3 Å². The van der Waals surface area contributed by atoms with E-state index in [4.69, 9.17) is 4.74 Å². The van der Waals surface area contributed by atoms with Gasteiger partial charge in [0, 0.05) is 12.2 Å². The van der Waals surface area contributed by atoms with Crippen LogP contribution in [0.2, 0.25) is 0 Å². The number of hydrogen-bond donors (Lipinski definition) is 1. The molecule has 0 fully saturated rings. The average molecular weight is 233 g/mol. The van der Waals surface area contributed by atoms with Crippen LogP contribution < -0.4 is 5.32 Å². The van der Waals surface area contributed by atoms with Crippen LogP contribution in [0.3, 0.4) is 0 Å². The largest absolute Gasteiger partial charge is 0.459 e. The number of esters is 1. The molecule has 2 rings (SSSR count). The minimum Gasteiger partial charge on any atom is -0.459 e. The monoisotopic (exact) mass is 233 g/mol. The van der Waals surface area contributed by atoms with Crippen LogP contribution in [0.4, 0.5) is 5.69 Å². The first-order chi connectivity index (χ1) is 8.20. The normalized spacial score (nSPS) is 14.9. The summed E-state index contributed by atoms with van der Waals surface area (Å²) in [6.07, 6.45) is 2.97. The van der Waals surface area contributed by atoms with Crippen LogP contribution in [0.1, 0.15) is 42.6 Å². The summed E-state index contributed by atoms with van der Waals surface area (Å²) < 4.78 is 5.37. The number of anilines is 1. The SMILES string of the molecule is CCCC(C)OC(=O)c1ccc2c(c1)NCC2. The summed E-state index contributed by atoms with van der Waals surface area (Å²) in [6.45, 7) is 4.98. The van der Waals surface area contributed by atoms with Crippen molar-refractivity contribution in [1.29, 1.82) is 0 Å². The van der Waals surface area contributed by atoms with Gasteiger partial charge in [0.2, 0.25) is 0 Å². The second-order valence-corrected chi connectivity index (χ2v) is 4.55. The maximum absolute atomic E-state index is 11.9. The molecular weight excluding hydrogens is 214 g/mol. The van der Waals surface area contributed by atoms with Gasteiger partial charge in [-0.3, -0.25) is 0 Å². The van der Waals surface area contributed by atoms with E-state index in [2.05, 4.69) is 12.2 Å². The molecule has 3 heteroatoms. The smallest absolute Gasteiger partial charge is 0.338 e. The van der Waals surface area contributed by atoms with E-state index in [0.29, 0.717) is 5.56 Å². The molecule has 1 aromatic carbocycles. The van der Waals surface area contributed by atoms with E-state index in [9.17, 15) is 4.79 Å². The fourth-order valence-corrected chi connectivity index (χ4v) is 2.13. The fourth-order valence-electron chi connectivity index (χ4n) is 2.13. The highest BCUT2D eigenvalue weighted by atomic mass is 16.5. The summed E-state index contributed by atoms with van der Waals surface area (Å²) in [6, 6.07) is 5.76. The van der Waals surface area contributed by atoms with Gasteiger partial charge in [-0.1, -0.05) is 19.4 Å². The molecule has 0 spiro atoms. The van der Waals surface area contributed by atoms with Crippen LogP contribution in [0, 0.1) is 0 Å². The maximum atomic E-state index is 11.9. The number of nitrogens with one attached hydrogen (secondary N) is 1. The molecule has 0 aromatic heterocycles. The van der Waals surface area contributed by atoms with E-state index in [0.717, 1.165) is 31.5 Å². The molecule has 17 heavy (non-hydrogen) atoms. The molecule has 1 unspecified atom stereocenters. The van der Waals surface area contributed by atoms with E-state index >= 15 is 0 Å². The molecule has 0 radical (unpaired) electrons. The zero-order valence-electron chi connectivity index (χ0n) is 10.5. The first-order valence-corrected chi connectivity index (χ1v) is 6.28. The summed E-state index contributed by atoms with van der Waals surface area (Å²) in [5.74, 6) is -0.220. The Bertz CT molecular complexity index is 415. The van der Waals surface area contributed by atoms with Crippen molar-refractivity contribution in [3.8, 4) is 0 Å². The summed E-state index contributed by atoms with van der Waals surface area (Å²) in [4.78, 5) is 11.9. The second-order valence-electron chi connectivity index (χ2n) is 4.55. The van der Waals surface area contributed by atoms with Gasteiger partial charge in [0.25, 0.3) is 0 Å². The predicted molar refractivity (Wildman–Crippen MR) is 68.4 cm³/mol. The van der Waals surface area contributed by atoms with E-state index in [1.165, 1.54) is 5.56 Å². The molecule has 92 valence electrons. The van der Waals surface area contributed by atoms with E-state index in [1.807, 2.05) is 25.1 Å². The summed E-state index contributed by atoms with van der Waals surface area (Å²) in [7, 11) is 0. The van der Waals surface area contributed by atoms with Crippen molar-refractivity contribution in [1.82, 2.24) is 0 Å². The van der Waals surface area contributed by atoms with Crippen molar-refractivity contribution in [2.45, 2.75) is 39.2 Å². The van der Waals surface area contributed by atoms with E-state index < -0.39 is 0 Å². The Hall–Kier alpha value is -1.51. The lowest BCUT2D eigenvalue weighted by Crippen LogP contribution is -2.14. The third kappa shape index (κ3) is 2.78. The van der Waals surface area contributed by atoms with Gasteiger partial charge in [0.15, 0.2) is 0 Å². The minimum atomic E-state index is -0.220. The highest BCUT2D eigenvalue weighted by molar-refractivity contribution is 5.91. The molecule has 0 saturated heterocycles. The molecule has 1 atom stereocenters. The number of carbonyl (C=O) groups is 1. The molecule has 0 bridgehead atoms. The van der Waals surface area contributed by atoms with Crippen LogP contribution in [0.15, 0.2) is 18.2 Å². The number of benzene rings is 1. The Morgan fingerprint density at radius 1 is 1.53 bits per heavy atom. The van der Waals surface area contributed by atoms with Gasteiger partial charge < -0.3 is 10.1 Å². The number of fused-ring (bicyclic) bond motifs is 1. The number of hydrogen-bond acceptors (Lipinski definition) is 3. The van der Waals surface area contributed by atoms with E-state index in [-0.39, 0.29) is 12.1 Å². The van der Waals surface area contributed by atoms with Crippen LogP contribution in [-0.2, 0) is 11.2 Å². The van der Waals surface area contributed by atoms with Crippen LogP contribution in [0.25, 0.3) is 0 Å². The lowest BCUT2D eigenvalue weighted by Gasteiger charge is -2.12. The molecule has 1 heterocycles.